The van der Waals surface area contributed by atoms with Crippen molar-refractivity contribution < 1.29 is 18.8 Å². The van der Waals surface area contributed by atoms with E-state index in [1.165, 1.54) is 43.7 Å². The molecule has 2 aliphatic rings. The number of benzene rings is 11. The average Bonchev–Trinajstić information content (AvgIpc) is 2.03. The Hall–Kier alpha value is -10.9. The molecule has 0 unspecified atom stereocenters. The number of hydrogen-bond acceptors (Lipinski definition) is 4. The van der Waals surface area contributed by atoms with Gasteiger partial charge in [0.1, 0.15) is 40.3 Å². The summed E-state index contributed by atoms with van der Waals surface area (Å²) >= 11 is 0. The van der Waals surface area contributed by atoms with E-state index in [9.17, 15) is 0 Å². The van der Waals surface area contributed by atoms with Crippen LogP contribution in [-0.2, 0) is 5.41 Å². The summed E-state index contributed by atoms with van der Waals surface area (Å²) in [6.45, 7) is 6.67. The lowest BCUT2D eigenvalue weighted by Gasteiger charge is -2.33. The number of fused-ring (bicyclic) bond motifs is 14. The zero-order valence-electron chi connectivity index (χ0n) is 46.7. The Morgan fingerprint density at radius 3 is 1.72 bits per heavy atom. The molecule has 400 valence electrons. The Morgan fingerprint density at radius 1 is 0.471 bits per heavy atom. The lowest BCUT2D eigenvalue weighted by atomic mass is 9.35. The molecule has 0 fully saturated rings. The average molecular weight is 1090 g/mol. The third-order valence-corrected chi connectivity index (χ3v) is 17.7. The minimum absolute atomic E-state index is 0.0428. The molecule has 0 saturated heterocycles. The molecule has 18 rings (SSSR count). The Labute approximate surface area is 489 Å². The molecule has 0 bridgehead atoms. The second-order valence-corrected chi connectivity index (χ2v) is 23.6. The van der Waals surface area contributed by atoms with E-state index in [1.54, 1.807) is 0 Å². The minimum Gasteiger partial charge on any atom is -0.458 e. The van der Waals surface area contributed by atoms with Gasteiger partial charge in [-0.05, 0) is 141 Å². The Balaban J connectivity index is 0.827. The van der Waals surface area contributed by atoms with Crippen LogP contribution in [0.4, 0.5) is 0 Å². The van der Waals surface area contributed by atoms with Gasteiger partial charge in [-0.3, -0.25) is 13.7 Å². The fourth-order valence-corrected chi connectivity index (χ4v) is 13.9. The molecule has 5 aromatic heterocycles. The summed E-state index contributed by atoms with van der Waals surface area (Å²) in [7, 11) is 0. The zero-order valence-corrected chi connectivity index (χ0v) is 46.7. The van der Waals surface area contributed by atoms with Crippen LogP contribution < -0.4 is 35.2 Å². The summed E-state index contributed by atoms with van der Waals surface area (Å²) in [4.78, 5) is 4.93. The van der Waals surface area contributed by atoms with E-state index in [0.29, 0.717) is 5.75 Å². The predicted molar refractivity (Wildman–Crippen MR) is 344 cm³/mol. The monoisotopic (exact) mass is 1090 g/mol. The smallest absolute Gasteiger partial charge is 0.269 e. The highest BCUT2D eigenvalue weighted by atomic mass is 16.5. The molecule has 0 spiro atoms. The predicted octanol–water partition coefficient (Wildman–Crippen LogP) is 16.5. The van der Waals surface area contributed by atoms with Crippen molar-refractivity contribution in [2.24, 2.45) is 0 Å². The maximum atomic E-state index is 6.96. The normalized spacial score (nSPS) is 12.8. The summed E-state index contributed by atoms with van der Waals surface area (Å²) in [5, 5.41) is 7.14. The Kier molecular flexibility index (Phi) is 10.00. The standard InChI is InChI=1S/C76H50BN5O3/c1-76(2,3)48-36-37-78-72(42-48)81-62-27-9-4-20-54(62)57-35-34-51(44-67(57)81)83-50-19-16-18-49(43-50)79-45-80(66-31-13-12-30-65(66)79)74-52(46-38-58-55-21-5-10-28-63(55)82-64-29-11-6-22-56(64)59(39-46)75(58)82)23-17-24-53(74)47-40-70-73-71(41-47)85-69-33-15-8-26-61(69)77(73)60-25-7-14-32-68(60)84-70/h4-44H,1-3H3. The van der Waals surface area contributed by atoms with Crippen LogP contribution in [0, 0.1) is 6.33 Å². The molecular weight excluding hydrogens is 1040 g/mol. The highest BCUT2D eigenvalue weighted by Gasteiger charge is 2.40. The SMILES string of the molecule is CC(C)(C)c1ccnc(-n2c3ccccc3c3ccc(Oc4cccc(-n5[c-][n+](-c6c(-c7cc8c9c(c7)Oc7ccccc7B9c7ccccc7O8)cccc6-c6cc7c8ccccc8n8c9ccccc9c(c6)c78)c6ccccc65)c4)cc32)c1. The van der Waals surface area contributed by atoms with Crippen molar-refractivity contribution in [2.75, 3.05) is 0 Å². The lowest BCUT2D eigenvalue weighted by molar-refractivity contribution is -0.571. The van der Waals surface area contributed by atoms with Crippen LogP contribution in [0.5, 0.6) is 34.5 Å². The molecule has 0 atom stereocenters. The molecule has 11 aromatic carbocycles. The number of imidazole rings is 1. The number of aromatic nitrogens is 5. The number of ether oxygens (including phenoxy) is 3. The third kappa shape index (κ3) is 7.10. The van der Waals surface area contributed by atoms with Gasteiger partial charge in [0.05, 0.1) is 50.0 Å². The van der Waals surface area contributed by atoms with Gasteiger partial charge in [-0.15, -0.1) is 0 Å². The van der Waals surface area contributed by atoms with Gasteiger partial charge in [-0.2, -0.15) is 0 Å². The minimum atomic E-state index is -0.0483. The summed E-state index contributed by atoms with van der Waals surface area (Å²) in [5.74, 6) is 5.54. The van der Waals surface area contributed by atoms with Crippen molar-refractivity contribution in [3.8, 4) is 73.9 Å². The molecule has 0 saturated carbocycles. The van der Waals surface area contributed by atoms with Crippen molar-refractivity contribution in [1.82, 2.24) is 18.5 Å². The fourth-order valence-electron chi connectivity index (χ4n) is 13.9. The van der Waals surface area contributed by atoms with Crippen LogP contribution >= 0.6 is 0 Å². The topological polar surface area (TPSA) is 58.7 Å². The maximum absolute atomic E-state index is 6.96. The Bertz CT molecular complexity index is 5340. The van der Waals surface area contributed by atoms with Gasteiger partial charge in [-0.1, -0.05) is 160 Å². The number of hydrogen-bond donors (Lipinski definition) is 0. The van der Waals surface area contributed by atoms with Gasteiger partial charge >= 0.3 is 0 Å². The molecule has 0 radical (unpaired) electrons. The lowest BCUT2D eigenvalue weighted by Crippen LogP contribution is -2.57. The fraction of sp³-hybridized carbons (Fsp3) is 0.0526. The summed E-state index contributed by atoms with van der Waals surface area (Å²) in [6.07, 6.45) is 5.88. The van der Waals surface area contributed by atoms with E-state index in [2.05, 4.69) is 282 Å². The van der Waals surface area contributed by atoms with E-state index in [0.717, 1.165) is 117 Å². The van der Waals surface area contributed by atoms with Crippen LogP contribution in [0.1, 0.15) is 26.3 Å². The van der Waals surface area contributed by atoms with Crippen LogP contribution in [0.25, 0.3) is 110 Å². The molecule has 2 aliphatic heterocycles. The first-order valence-electron chi connectivity index (χ1n) is 29.0. The maximum Gasteiger partial charge on any atom is 0.269 e. The van der Waals surface area contributed by atoms with Crippen LogP contribution in [-0.4, -0.2) is 25.2 Å². The van der Waals surface area contributed by atoms with Crippen molar-refractivity contribution in [1.29, 1.82) is 0 Å². The van der Waals surface area contributed by atoms with Gasteiger partial charge in [0.15, 0.2) is 0 Å². The first-order chi connectivity index (χ1) is 41.8. The zero-order chi connectivity index (χ0) is 56.2. The van der Waals surface area contributed by atoms with Crippen molar-refractivity contribution in [3.05, 3.63) is 261 Å². The van der Waals surface area contributed by atoms with Crippen LogP contribution in [0.2, 0.25) is 0 Å². The van der Waals surface area contributed by atoms with Crippen molar-refractivity contribution in [2.45, 2.75) is 26.2 Å². The third-order valence-electron chi connectivity index (χ3n) is 17.7. The van der Waals surface area contributed by atoms with E-state index in [4.69, 9.17) is 19.2 Å². The van der Waals surface area contributed by atoms with Gasteiger partial charge in [-0.25, -0.2) is 4.98 Å². The van der Waals surface area contributed by atoms with Gasteiger partial charge in [0.2, 0.25) is 0 Å². The second kappa shape index (κ2) is 17.8. The molecule has 9 heteroatoms. The molecule has 16 aromatic rings. The van der Waals surface area contributed by atoms with E-state index < -0.39 is 0 Å². The van der Waals surface area contributed by atoms with E-state index in [-0.39, 0.29) is 12.1 Å². The molecule has 0 amide bonds. The molecule has 8 nitrogen and oxygen atoms in total. The molecule has 7 heterocycles. The van der Waals surface area contributed by atoms with Gasteiger partial charge < -0.3 is 18.6 Å². The number of para-hydroxylation sites is 8. The van der Waals surface area contributed by atoms with Gasteiger partial charge in [0.25, 0.3) is 13.0 Å². The number of nitrogens with zero attached hydrogens (tertiary/aromatic N) is 5. The van der Waals surface area contributed by atoms with Crippen LogP contribution in [0.15, 0.2) is 249 Å². The molecule has 0 aliphatic carbocycles. The summed E-state index contributed by atoms with van der Waals surface area (Å²) < 4.78 is 29.9. The highest BCUT2D eigenvalue weighted by molar-refractivity contribution is 6.98. The summed E-state index contributed by atoms with van der Waals surface area (Å²) in [5.41, 5.74) is 18.1. The van der Waals surface area contributed by atoms with Crippen molar-refractivity contribution in [3.63, 3.8) is 0 Å². The van der Waals surface area contributed by atoms with Gasteiger partial charge in [0, 0.05) is 50.0 Å². The Morgan fingerprint density at radius 2 is 1.04 bits per heavy atom. The molecular formula is C76H50BN5O3. The molecule has 85 heavy (non-hydrogen) atoms. The van der Waals surface area contributed by atoms with E-state index in [1.807, 2.05) is 12.3 Å². The second-order valence-electron chi connectivity index (χ2n) is 23.6. The largest absolute Gasteiger partial charge is 0.458 e. The summed E-state index contributed by atoms with van der Waals surface area (Å²) in [6, 6.07) is 86.4. The quantitative estimate of drug-likeness (QED) is 0.0906. The van der Waals surface area contributed by atoms with Crippen LogP contribution in [0.3, 0.4) is 0 Å². The number of rotatable bonds is 7. The first-order valence-corrected chi connectivity index (χ1v) is 29.0. The highest BCUT2D eigenvalue weighted by Crippen LogP contribution is 2.46. The van der Waals surface area contributed by atoms with Crippen molar-refractivity contribution >= 4 is 94.0 Å². The molecule has 0 N–H and O–H groups in total. The van der Waals surface area contributed by atoms with E-state index >= 15 is 0 Å². The number of pyridine rings is 1. The first kappa shape index (κ1) is 47.7.